The summed E-state index contributed by atoms with van der Waals surface area (Å²) in [5.41, 5.74) is 16.7. The first kappa shape index (κ1) is 23.8. The number of para-hydroxylation sites is 1. The van der Waals surface area contributed by atoms with Crippen LogP contribution in [0.5, 0.6) is 0 Å². The number of fused-ring (bicyclic) bond motifs is 20. The van der Waals surface area contributed by atoms with Gasteiger partial charge >= 0.3 is 0 Å². The molecule has 45 heavy (non-hydrogen) atoms. The van der Waals surface area contributed by atoms with Crippen LogP contribution in [0, 0.1) is 0 Å². The van der Waals surface area contributed by atoms with Crippen molar-refractivity contribution in [3.63, 3.8) is 0 Å². The third kappa shape index (κ3) is 2.53. The molecule has 0 saturated carbocycles. The van der Waals surface area contributed by atoms with Crippen molar-refractivity contribution >= 4 is 21.9 Å². The highest BCUT2D eigenvalue weighted by atomic mass is 16.3. The Morgan fingerprint density at radius 1 is 0.311 bits per heavy atom. The standard InChI is InChI=1S/C44H26O/c1-5-17-33-27(13-1)28-14-2-6-18-34(28)43(33)36-20-8-10-22-38(36)44(39-23-11-9-21-37(39)43)35-19-7-3-15-29(35)31-25-26-32-30-16-4-12-24-40(30)45-42(32)41(31)44/h1-26H. The average Bonchev–Trinajstić information content (AvgIpc) is 3.73. The Morgan fingerprint density at radius 3 is 1.31 bits per heavy atom. The molecule has 8 aromatic rings. The molecule has 0 radical (unpaired) electrons. The molecule has 11 rings (SSSR count). The molecule has 0 N–H and O–H groups in total. The Kier molecular flexibility index (Phi) is 4.27. The molecule has 1 nitrogen and oxygen atoms in total. The average molecular weight is 571 g/mol. The van der Waals surface area contributed by atoms with E-state index in [1.165, 1.54) is 72.1 Å². The zero-order valence-corrected chi connectivity index (χ0v) is 24.4. The number of rotatable bonds is 0. The van der Waals surface area contributed by atoms with Gasteiger partial charge in [-0.3, -0.25) is 0 Å². The van der Waals surface area contributed by atoms with Crippen molar-refractivity contribution in [1.82, 2.24) is 0 Å². The zero-order valence-electron chi connectivity index (χ0n) is 24.4. The van der Waals surface area contributed by atoms with Gasteiger partial charge in [-0.05, 0) is 73.3 Å². The topological polar surface area (TPSA) is 13.1 Å². The van der Waals surface area contributed by atoms with Gasteiger partial charge in [-0.1, -0.05) is 146 Å². The highest BCUT2D eigenvalue weighted by molar-refractivity contribution is 6.10. The molecule has 0 amide bonds. The maximum atomic E-state index is 6.91. The molecule has 1 heterocycles. The lowest BCUT2D eigenvalue weighted by Gasteiger charge is -2.48. The predicted molar refractivity (Wildman–Crippen MR) is 182 cm³/mol. The maximum Gasteiger partial charge on any atom is 0.140 e. The van der Waals surface area contributed by atoms with Crippen LogP contribution >= 0.6 is 0 Å². The largest absolute Gasteiger partial charge is 0.456 e. The van der Waals surface area contributed by atoms with E-state index in [4.69, 9.17) is 4.42 Å². The summed E-state index contributed by atoms with van der Waals surface area (Å²) in [6, 6.07) is 58.7. The van der Waals surface area contributed by atoms with E-state index in [9.17, 15) is 0 Å². The molecule has 3 aliphatic carbocycles. The van der Waals surface area contributed by atoms with Crippen LogP contribution in [-0.2, 0) is 10.8 Å². The van der Waals surface area contributed by atoms with Crippen molar-refractivity contribution in [2.24, 2.45) is 0 Å². The molecule has 208 valence electrons. The molecular formula is C44H26O. The van der Waals surface area contributed by atoms with Crippen LogP contribution in [0.2, 0.25) is 0 Å². The Balaban J connectivity index is 1.39. The summed E-state index contributed by atoms with van der Waals surface area (Å²) in [5, 5.41) is 2.33. The second-order valence-corrected chi connectivity index (χ2v) is 12.7. The number of furan rings is 1. The van der Waals surface area contributed by atoms with E-state index < -0.39 is 10.8 Å². The van der Waals surface area contributed by atoms with Crippen molar-refractivity contribution in [1.29, 1.82) is 0 Å². The van der Waals surface area contributed by atoms with Crippen LogP contribution in [0.4, 0.5) is 0 Å². The van der Waals surface area contributed by atoms with E-state index in [-0.39, 0.29) is 0 Å². The van der Waals surface area contributed by atoms with Gasteiger partial charge in [-0.2, -0.15) is 0 Å². The van der Waals surface area contributed by atoms with E-state index in [0.29, 0.717) is 0 Å². The molecule has 0 unspecified atom stereocenters. The molecule has 0 atom stereocenters. The monoisotopic (exact) mass is 570 g/mol. The molecule has 0 saturated heterocycles. The normalized spacial score (nSPS) is 15.5. The van der Waals surface area contributed by atoms with Crippen molar-refractivity contribution in [2.75, 3.05) is 0 Å². The minimum Gasteiger partial charge on any atom is -0.456 e. The maximum absolute atomic E-state index is 6.91. The van der Waals surface area contributed by atoms with Crippen molar-refractivity contribution in [3.05, 3.63) is 202 Å². The van der Waals surface area contributed by atoms with Crippen LogP contribution in [0.15, 0.2) is 162 Å². The molecule has 7 aromatic carbocycles. The van der Waals surface area contributed by atoms with Crippen LogP contribution < -0.4 is 0 Å². The SMILES string of the molecule is c1ccc2c(c1)-c1ccccc1C21c2ccccc2C2(c3ccccc3-c3ccc4c(oc5ccccc54)c32)c2ccccc21. The number of hydrogen-bond donors (Lipinski definition) is 0. The van der Waals surface area contributed by atoms with Crippen LogP contribution in [0.1, 0.15) is 44.5 Å². The summed E-state index contributed by atoms with van der Waals surface area (Å²) >= 11 is 0. The third-order valence-electron chi connectivity index (χ3n) is 11.0. The fourth-order valence-corrected chi connectivity index (χ4v) is 9.50. The molecule has 1 aromatic heterocycles. The van der Waals surface area contributed by atoms with Crippen molar-refractivity contribution in [2.45, 2.75) is 10.8 Å². The smallest absolute Gasteiger partial charge is 0.140 e. The van der Waals surface area contributed by atoms with Crippen LogP contribution in [-0.4, -0.2) is 0 Å². The second-order valence-electron chi connectivity index (χ2n) is 12.7. The van der Waals surface area contributed by atoms with Gasteiger partial charge in [-0.25, -0.2) is 0 Å². The van der Waals surface area contributed by atoms with Crippen LogP contribution in [0.25, 0.3) is 44.2 Å². The Hall–Kier alpha value is -5.66. The Labute approximate surface area is 261 Å². The second kappa shape index (κ2) is 8.08. The highest BCUT2D eigenvalue weighted by Gasteiger charge is 2.59. The minimum atomic E-state index is -0.551. The lowest BCUT2D eigenvalue weighted by Crippen LogP contribution is -2.43. The first-order valence-corrected chi connectivity index (χ1v) is 15.8. The molecule has 2 spiro atoms. The number of benzene rings is 7. The summed E-state index contributed by atoms with van der Waals surface area (Å²) in [7, 11) is 0. The fraction of sp³-hybridized carbons (Fsp3) is 0.0455. The predicted octanol–water partition coefficient (Wildman–Crippen LogP) is 10.6. The van der Waals surface area contributed by atoms with Gasteiger partial charge in [0.05, 0.1) is 10.8 Å². The van der Waals surface area contributed by atoms with Gasteiger partial charge < -0.3 is 4.42 Å². The molecular weight excluding hydrogens is 544 g/mol. The summed E-state index contributed by atoms with van der Waals surface area (Å²) in [5.74, 6) is 0. The van der Waals surface area contributed by atoms with Gasteiger partial charge in [0, 0.05) is 16.3 Å². The van der Waals surface area contributed by atoms with E-state index >= 15 is 0 Å². The first-order valence-electron chi connectivity index (χ1n) is 15.8. The first-order chi connectivity index (χ1) is 22.3. The van der Waals surface area contributed by atoms with Crippen molar-refractivity contribution < 1.29 is 4.42 Å². The minimum absolute atomic E-state index is 0.439. The summed E-state index contributed by atoms with van der Waals surface area (Å²) in [6.45, 7) is 0. The lowest BCUT2D eigenvalue weighted by atomic mass is 9.52. The highest BCUT2D eigenvalue weighted by Crippen LogP contribution is 2.68. The molecule has 0 aliphatic heterocycles. The summed E-state index contributed by atoms with van der Waals surface area (Å²) in [4.78, 5) is 0. The van der Waals surface area contributed by atoms with Gasteiger partial charge in [0.1, 0.15) is 11.2 Å². The third-order valence-corrected chi connectivity index (χ3v) is 11.0. The Bertz CT molecular complexity index is 2470. The fourth-order valence-electron chi connectivity index (χ4n) is 9.50. The van der Waals surface area contributed by atoms with Gasteiger partial charge in [-0.15, -0.1) is 0 Å². The van der Waals surface area contributed by atoms with Gasteiger partial charge in [0.25, 0.3) is 0 Å². The van der Waals surface area contributed by atoms with E-state index in [1.807, 2.05) is 0 Å². The van der Waals surface area contributed by atoms with Gasteiger partial charge in [0.15, 0.2) is 0 Å². The summed E-state index contributed by atoms with van der Waals surface area (Å²) in [6.07, 6.45) is 0. The van der Waals surface area contributed by atoms with Gasteiger partial charge in [0.2, 0.25) is 0 Å². The van der Waals surface area contributed by atoms with E-state index in [2.05, 4.69) is 158 Å². The number of hydrogen-bond acceptors (Lipinski definition) is 1. The molecule has 1 heteroatoms. The van der Waals surface area contributed by atoms with Crippen LogP contribution in [0.3, 0.4) is 0 Å². The molecule has 3 aliphatic rings. The quantitative estimate of drug-likeness (QED) is 0.177. The molecule has 0 fully saturated rings. The Morgan fingerprint density at radius 2 is 0.733 bits per heavy atom. The van der Waals surface area contributed by atoms with E-state index in [1.54, 1.807) is 0 Å². The summed E-state index contributed by atoms with van der Waals surface area (Å²) < 4.78 is 6.91. The lowest BCUT2D eigenvalue weighted by molar-refractivity contribution is 0.614. The zero-order chi connectivity index (χ0) is 29.3. The van der Waals surface area contributed by atoms with Crippen molar-refractivity contribution in [3.8, 4) is 22.3 Å². The van der Waals surface area contributed by atoms with E-state index in [0.717, 1.165) is 16.6 Å². The molecule has 0 bridgehead atoms.